The molecule has 3 unspecified atom stereocenters. The highest BCUT2D eigenvalue weighted by atomic mass is 35.5. The van der Waals surface area contributed by atoms with Crippen molar-refractivity contribution >= 4 is 44.2 Å². The Balaban J connectivity index is 1.46. The third kappa shape index (κ3) is 4.88. The zero-order valence-corrected chi connectivity index (χ0v) is 20.5. The predicted octanol–water partition coefficient (Wildman–Crippen LogP) is 3.25. The number of carbonyl (C=O) groups is 2. The predicted molar refractivity (Wildman–Crippen MR) is 128 cm³/mol. The molecular weight excluding hydrogens is 462 g/mol. The maximum Gasteiger partial charge on any atom is 0.245 e. The van der Waals surface area contributed by atoms with Crippen molar-refractivity contribution in [2.24, 2.45) is 0 Å². The van der Waals surface area contributed by atoms with Gasteiger partial charge in [0.15, 0.2) is 0 Å². The van der Waals surface area contributed by atoms with Crippen molar-refractivity contribution in [3.05, 3.63) is 42.0 Å². The molecule has 0 aliphatic carbocycles. The van der Waals surface area contributed by atoms with Crippen LogP contribution in [0.15, 0.2) is 41.3 Å². The van der Waals surface area contributed by atoms with E-state index in [4.69, 9.17) is 11.6 Å². The number of halogens is 1. The number of amides is 2. The molecule has 2 aromatic rings. The van der Waals surface area contributed by atoms with Gasteiger partial charge in [0.1, 0.15) is 12.1 Å². The summed E-state index contributed by atoms with van der Waals surface area (Å²) in [7, 11) is -3.90. The standard InChI is InChI=1S/C24H30ClN3O4S/c1-16-5-3-4-11-27(16)23(29)17(2)28-12-10-22(24(28)30)26-33(31,32)21-9-8-19-13-18(15-25)6-7-20(19)14-21/h6-9,13-14,16-17,22,26H,3-5,10-12,15H2,1-2H3. The van der Waals surface area contributed by atoms with E-state index >= 15 is 0 Å². The molecule has 0 spiro atoms. The Hall–Kier alpha value is -2.16. The molecule has 0 saturated carbocycles. The van der Waals surface area contributed by atoms with Gasteiger partial charge in [-0.2, -0.15) is 4.72 Å². The van der Waals surface area contributed by atoms with Gasteiger partial charge in [-0.05, 0) is 74.1 Å². The van der Waals surface area contributed by atoms with Crippen LogP contribution < -0.4 is 4.72 Å². The van der Waals surface area contributed by atoms with Crippen LogP contribution in [0.1, 0.15) is 45.1 Å². The topological polar surface area (TPSA) is 86.8 Å². The van der Waals surface area contributed by atoms with Crippen LogP contribution in [0.4, 0.5) is 0 Å². The Kier molecular flexibility index (Phi) is 6.98. The Morgan fingerprint density at radius 2 is 1.85 bits per heavy atom. The van der Waals surface area contributed by atoms with Gasteiger partial charge >= 0.3 is 0 Å². The van der Waals surface area contributed by atoms with E-state index in [1.165, 1.54) is 11.0 Å². The second-order valence-corrected chi connectivity index (χ2v) is 11.0. The van der Waals surface area contributed by atoms with Crippen LogP contribution in [-0.4, -0.2) is 61.2 Å². The Morgan fingerprint density at radius 3 is 2.58 bits per heavy atom. The Morgan fingerprint density at radius 1 is 1.12 bits per heavy atom. The van der Waals surface area contributed by atoms with Gasteiger partial charge in [0.2, 0.25) is 21.8 Å². The molecule has 2 aliphatic heterocycles. The van der Waals surface area contributed by atoms with Crippen LogP contribution >= 0.6 is 11.6 Å². The number of hydrogen-bond donors (Lipinski definition) is 1. The van der Waals surface area contributed by atoms with Crippen molar-refractivity contribution in [1.82, 2.24) is 14.5 Å². The van der Waals surface area contributed by atoms with E-state index in [0.29, 0.717) is 25.4 Å². The molecule has 3 atom stereocenters. The Bertz CT molecular complexity index is 1170. The van der Waals surface area contributed by atoms with E-state index in [0.717, 1.165) is 35.6 Å². The van der Waals surface area contributed by atoms with Gasteiger partial charge in [-0.1, -0.05) is 18.2 Å². The maximum atomic E-state index is 13.0. The van der Waals surface area contributed by atoms with Crippen molar-refractivity contribution in [2.75, 3.05) is 13.1 Å². The molecule has 4 rings (SSSR count). The molecule has 2 saturated heterocycles. The highest BCUT2D eigenvalue weighted by Gasteiger charge is 2.40. The lowest BCUT2D eigenvalue weighted by Gasteiger charge is -2.37. The lowest BCUT2D eigenvalue weighted by Crippen LogP contribution is -2.53. The van der Waals surface area contributed by atoms with Crippen LogP contribution in [0.2, 0.25) is 0 Å². The number of nitrogens with one attached hydrogen (secondary N) is 1. The maximum absolute atomic E-state index is 13.0. The summed E-state index contributed by atoms with van der Waals surface area (Å²) in [4.78, 5) is 29.5. The molecule has 2 amide bonds. The molecular formula is C24H30ClN3O4S. The van der Waals surface area contributed by atoms with Crippen LogP contribution in [0.5, 0.6) is 0 Å². The first-order valence-corrected chi connectivity index (χ1v) is 13.4. The number of rotatable bonds is 6. The van der Waals surface area contributed by atoms with Crippen LogP contribution in [-0.2, 0) is 25.5 Å². The first-order valence-electron chi connectivity index (χ1n) is 11.4. The second kappa shape index (κ2) is 9.60. The van der Waals surface area contributed by atoms with E-state index < -0.39 is 22.1 Å². The lowest BCUT2D eigenvalue weighted by atomic mass is 10.0. The highest BCUT2D eigenvalue weighted by molar-refractivity contribution is 7.89. The fourth-order valence-electron chi connectivity index (χ4n) is 4.77. The summed E-state index contributed by atoms with van der Waals surface area (Å²) in [5, 5.41) is 1.68. The van der Waals surface area contributed by atoms with Gasteiger partial charge in [-0.15, -0.1) is 11.6 Å². The molecule has 0 aromatic heterocycles. The summed E-state index contributed by atoms with van der Waals surface area (Å²) in [6.07, 6.45) is 3.37. The highest BCUT2D eigenvalue weighted by Crippen LogP contribution is 2.24. The minimum absolute atomic E-state index is 0.0649. The molecule has 1 N–H and O–H groups in total. The minimum Gasteiger partial charge on any atom is -0.338 e. The summed E-state index contributed by atoms with van der Waals surface area (Å²) < 4.78 is 28.6. The van der Waals surface area contributed by atoms with Gasteiger partial charge < -0.3 is 9.80 Å². The summed E-state index contributed by atoms with van der Waals surface area (Å²) in [6.45, 7) is 4.82. The number of benzene rings is 2. The van der Waals surface area contributed by atoms with Crippen molar-refractivity contribution in [3.8, 4) is 0 Å². The minimum atomic E-state index is -3.90. The van der Waals surface area contributed by atoms with Gasteiger partial charge in [-0.3, -0.25) is 9.59 Å². The van der Waals surface area contributed by atoms with E-state index in [1.807, 2.05) is 30.0 Å². The monoisotopic (exact) mass is 491 g/mol. The molecule has 0 radical (unpaired) electrons. The fourth-order valence-corrected chi connectivity index (χ4v) is 6.20. The third-order valence-corrected chi connectivity index (χ3v) is 8.57. The molecule has 0 bridgehead atoms. The zero-order valence-electron chi connectivity index (χ0n) is 19.0. The van der Waals surface area contributed by atoms with Crippen molar-refractivity contribution in [3.63, 3.8) is 0 Å². The van der Waals surface area contributed by atoms with E-state index in [9.17, 15) is 18.0 Å². The summed E-state index contributed by atoms with van der Waals surface area (Å²) in [6, 6.07) is 9.16. The van der Waals surface area contributed by atoms with Crippen LogP contribution in [0.25, 0.3) is 10.8 Å². The first-order chi connectivity index (χ1) is 15.7. The zero-order chi connectivity index (χ0) is 23.8. The molecule has 2 heterocycles. The van der Waals surface area contributed by atoms with Crippen molar-refractivity contribution in [1.29, 1.82) is 0 Å². The van der Waals surface area contributed by atoms with E-state index in [2.05, 4.69) is 4.72 Å². The average molecular weight is 492 g/mol. The van der Waals surface area contributed by atoms with Gasteiger partial charge in [0.25, 0.3) is 0 Å². The number of sulfonamides is 1. The first kappa shape index (κ1) is 24.0. The number of carbonyl (C=O) groups excluding carboxylic acids is 2. The van der Waals surface area contributed by atoms with Crippen molar-refractivity contribution < 1.29 is 18.0 Å². The number of hydrogen-bond acceptors (Lipinski definition) is 4. The van der Waals surface area contributed by atoms with Gasteiger partial charge in [-0.25, -0.2) is 8.42 Å². The molecule has 2 aromatic carbocycles. The van der Waals surface area contributed by atoms with E-state index in [-0.39, 0.29) is 22.8 Å². The fraction of sp³-hybridized carbons (Fsp3) is 0.500. The van der Waals surface area contributed by atoms with Gasteiger partial charge in [0, 0.05) is 25.0 Å². The summed E-state index contributed by atoms with van der Waals surface area (Å²) in [5.41, 5.74) is 0.956. The molecule has 7 nitrogen and oxygen atoms in total. The molecule has 2 fully saturated rings. The van der Waals surface area contributed by atoms with E-state index in [1.54, 1.807) is 19.1 Å². The summed E-state index contributed by atoms with van der Waals surface area (Å²) in [5.74, 6) is -0.0309. The number of piperidine rings is 1. The SMILES string of the molecule is CC1CCCCN1C(=O)C(C)N1CCC(NS(=O)(=O)c2ccc3cc(CCl)ccc3c2)C1=O. The second-order valence-electron chi connectivity index (χ2n) is 9.02. The molecule has 33 heavy (non-hydrogen) atoms. The largest absolute Gasteiger partial charge is 0.338 e. The molecule has 178 valence electrons. The Labute approximate surface area is 200 Å². The number of alkyl halides is 1. The lowest BCUT2D eigenvalue weighted by molar-refractivity contribution is -0.145. The van der Waals surface area contributed by atoms with Crippen LogP contribution in [0.3, 0.4) is 0 Å². The average Bonchev–Trinajstić information content (AvgIpc) is 3.16. The molecule has 9 heteroatoms. The van der Waals surface area contributed by atoms with Gasteiger partial charge in [0.05, 0.1) is 4.90 Å². The number of likely N-dealkylation sites (tertiary alicyclic amines) is 2. The number of fused-ring (bicyclic) bond motifs is 1. The smallest absolute Gasteiger partial charge is 0.245 e. The normalized spacial score (nSPS) is 22.7. The van der Waals surface area contributed by atoms with Crippen LogP contribution in [0, 0.1) is 0 Å². The molecule has 2 aliphatic rings. The quantitative estimate of drug-likeness (QED) is 0.628. The summed E-state index contributed by atoms with van der Waals surface area (Å²) >= 11 is 5.88. The van der Waals surface area contributed by atoms with Crippen molar-refractivity contribution in [2.45, 2.75) is 68.4 Å². The third-order valence-electron chi connectivity index (χ3n) is 6.79. The number of nitrogens with zero attached hydrogens (tertiary/aromatic N) is 2.